The number of nitrogens with two attached hydrogens (primary N) is 1. The van der Waals surface area contributed by atoms with Crippen molar-refractivity contribution in [1.29, 1.82) is 0 Å². The molecule has 1 aliphatic rings. The highest BCUT2D eigenvalue weighted by Crippen LogP contribution is 2.40. The Labute approximate surface area is 248 Å². The zero-order chi connectivity index (χ0) is 30.9. The molecular weight excluding hydrogens is 573 g/mol. The van der Waals surface area contributed by atoms with Crippen LogP contribution in [0.1, 0.15) is 49.9 Å². The molecule has 5 rings (SSSR count). The van der Waals surface area contributed by atoms with E-state index in [2.05, 4.69) is 15.6 Å². The SMILES string of the molecule is CC(C)S(=O)(=O)c1ccc(NC(=O)O)cc1[C@H]1CCCN1C(=O)[C@H](Nc1ccc2c(N)nccc2c1)c1ccccc1F. The van der Waals surface area contributed by atoms with Gasteiger partial charge in [-0.05, 0) is 86.2 Å². The first-order valence-electron chi connectivity index (χ1n) is 13.8. The van der Waals surface area contributed by atoms with Crippen LogP contribution < -0.4 is 16.4 Å². The van der Waals surface area contributed by atoms with E-state index in [-0.39, 0.29) is 16.1 Å². The first kappa shape index (κ1) is 29.8. The number of nitrogens with one attached hydrogen (secondary N) is 2. The van der Waals surface area contributed by atoms with Gasteiger partial charge in [0, 0.05) is 35.1 Å². The Morgan fingerprint density at radius 1 is 1.07 bits per heavy atom. The quantitative estimate of drug-likeness (QED) is 0.198. The molecule has 1 aromatic heterocycles. The summed E-state index contributed by atoms with van der Waals surface area (Å²) in [5.41, 5.74) is 7.16. The molecular formula is C31H32FN5O5S. The van der Waals surface area contributed by atoms with Gasteiger partial charge in [0.15, 0.2) is 9.84 Å². The molecule has 1 saturated heterocycles. The third kappa shape index (κ3) is 5.96. The number of amides is 2. The van der Waals surface area contributed by atoms with E-state index in [1.165, 1.54) is 36.4 Å². The largest absolute Gasteiger partial charge is 0.465 e. The lowest BCUT2D eigenvalue weighted by atomic mass is 10.0. The van der Waals surface area contributed by atoms with E-state index in [0.717, 1.165) is 10.8 Å². The van der Waals surface area contributed by atoms with E-state index >= 15 is 4.39 Å². The number of rotatable bonds is 8. The van der Waals surface area contributed by atoms with Crippen molar-refractivity contribution in [2.45, 2.75) is 48.9 Å². The number of anilines is 3. The first-order valence-corrected chi connectivity index (χ1v) is 15.4. The van der Waals surface area contributed by atoms with Gasteiger partial charge < -0.3 is 21.1 Å². The van der Waals surface area contributed by atoms with Gasteiger partial charge in [-0.15, -0.1) is 0 Å². The lowest BCUT2D eigenvalue weighted by Gasteiger charge is -2.31. The third-order valence-electron chi connectivity index (χ3n) is 7.65. The van der Waals surface area contributed by atoms with Crippen LogP contribution in [-0.2, 0) is 14.6 Å². The fourth-order valence-electron chi connectivity index (χ4n) is 5.48. The Bertz CT molecular complexity index is 1810. The summed E-state index contributed by atoms with van der Waals surface area (Å²) in [4.78, 5) is 31.4. The third-order valence-corrected chi connectivity index (χ3v) is 9.88. The van der Waals surface area contributed by atoms with Crippen molar-refractivity contribution >= 4 is 49.8 Å². The van der Waals surface area contributed by atoms with Crippen molar-refractivity contribution in [3.05, 3.63) is 89.9 Å². The van der Waals surface area contributed by atoms with E-state index < -0.39 is 45.0 Å². The van der Waals surface area contributed by atoms with Crippen molar-refractivity contribution < 1.29 is 27.5 Å². The average Bonchev–Trinajstić information content (AvgIpc) is 3.46. The second-order valence-electron chi connectivity index (χ2n) is 10.7. The molecule has 0 unspecified atom stereocenters. The van der Waals surface area contributed by atoms with Crippen molar-refractivity contribution in [1.82, 2.24) is 9.88 Å². The molecule has 0 spiro atoms. The summed E-state index contributed by atoms with van der Waals surface area (Å²) in [6.07, 6.45) is 1.28. The number of carboxylic acid groups (broad SMARTS) is 1. The van der Waals surface area contributed by atoms with Crippen molar-refractivity contribution in [2.75, 3.05) is 22.9 Å². The Balaban J connectivity index is 1.58. The molecule has 12 heteroatoms. The average molecular weight is 606 g/mol. The number of aromatic nitrogens is 1. The fraction of sp³-hybridized carbons (Fsp3) is 0.258. The van der Waals surface area contributed by atoms with Gasteiger partial charge in [0.25, 0.3) is 0 Å². The van der Waals surface area contributed by atoms with Crippen molar-refractivity contribution in [3.63, 3.8) is 0 Å². The van der Waals surface area contributed by atoms with Gasteiger partial charge in [0.1, 0.15) is 17.7 Å². The maximum atomic E-state index is 15.2. The van der Waals surface area contributed by atoms with Crippen LogP contribution in [0.5, 0.6) is 0 Å². The lowest BCUT2D eigenvalue weighted by molar-refractivity contribution is -0.133. The molecule has 0 saturated carbocycles. The van der Waals surface area contributed by atoms with Gasteiger partial charge >= 0.3 is 6.09 Å². The maximum absolute atomic E-state index is 15.2. The summed E-state index contributed by atoms with van der Waals surface area (Å²) in [5.74, 6) is -0.669. The zero-order valence-corrected chi connectivity index (χ0v) is 24.4. The smallest absolute Gasteiger partial charge is 0.409 e. The van der Waals surface area contributed by atoms with Crippen LogP contribution in [0.15, 0.2) is 77.8 Å². The highest BCUT2D eigenvalue weighted by molar-refractivity contribution is 7.92. The van der Waals surface area contributed by atoms with Crippen molar-refractivity contribution in [2.24, 2.45) is 0 Å². The van der Waals surface area contributed by atoms with E-state index in [9.17, 15) is 23.1 Å². The van der Waals surface area contributed by atoms with E-state index in [1.54, 1.807) is 55.3 Å². The van der Waals surface area contributed by atoms with Crippen LogP contribution in [0.2, 0.25) is 0 Å². The molecule has 5 N–H and O–H groups in total. The van der Waals surface area contributed by atoms with Crippen LogP contribution in [0.3, 0.4) is 0 Å². The van der Waals surface area contributed by atoms with Gasteiger partial charge in [-0.3, -0.25) is 10.1 Å². The summed E-state index contributed by atoms with van der Waals surface area (Å²) in [5, 5.41) is 15.5. The second kappa shape index (κ2) is 11.9. The minimum Gasteiger partial charge on any atom is -0.465 e. The van der Waals surface area contributed by atoms with Crippen LogP contribution in [0.25, 0.3) is 10.8 Å². The molecule has 4 aromatic rings. The number of hydrogen-bond acceptors (Lipinski definition) is 7. The van der Waals surface area contributed by atoms with Gasteiger partial charge in [0.05, 0.1) is 16.2 Å². The lowest BCUT2D eigenvalue weighted by Crippen LogP contribution is -2.38. The molecule has 1 fully saturated rings. The number of nitrogens with zero attached hydrogens (tertiary/aromatic N) is 2. The normalized spacial score (nSPS) is 15.9. The molecule has 2 atom stereocenters. The number of likely N-dealkylation sites (tertiary alicyclic amines) is 1. The zero-order valence-electron chi connectivity index (χ0n) is 23.6. The summed E-state index contributed by atoms with van der Waals surface area (Å²) in [6.45, 7) is 3.42. The van der Waals surface area contributed by atoms with Gasteiger partial charge in [-0.1, -0.05) is 18.2 Å². The highest BCUT2D eigenvalue weighted by Gasteiger charge is 2.38. The van der Waals surface area contributed by atoms with Gasteiger partial charge in [-0.25, -0.2) is 22.6 Å². The molecule has 10 nitrogen and oxygen atoms in total. The number of fused-ring (bicyclic) bond motifs is 1. The Kier molecular flexibility index (Phi) is 8.23. The number of benzene rings is 3. The molecule has 3 aromatic carbocycles. The molecule has 0 radical (unpaired) electrons. The van der Waals surface area contributed by atoms with Crippen LogP contribution >= 0.6 is 0 Å². The number of sulfone groups is 1. The molecule has 2 amide bonds. The van der Waals surface area contributed by atoms with Crippen molar-refractivity contribution in [3.8, 4) is 0 Å². The highest BCUT2D eigenvalue weighted by atomic mass is 32.2. The van der Waals surface area contributed by atoms with E-state index in [1.807, 2.05) is 0 Å². The molecule has 224 valence electrons. The number of nitrogen functional groups attached to an aromatic ring is 1. The predicted octanol–water partition coefficient (Wildman–Crippen LogP) is 5.75. The standard InChI is InChI=1S/C31H32FN5O5S/c1-18(2)43(41,42)27-12-10-21(36-31(39)40)17-24(27)26-8-5-15-37(26)30(38)28(23-6-3-4-7-25(23)32)35-20-9-11-22-19(16-20)13-14-34-29(22)33/h3-4,6-7,9-14,16-18,26,28,35-36H,5,8,15H2,1-2H3,(H2,33,34)(H,39,40)/t26-,28-/m1/s1. The molecule has 43 heavy (non-hydrogen) atoms. The Morgan fingerprint density at radius 2 is 1.81 bits per heavy atom. The second-order valence-corrected chi connectivity index (χ2v) is 13.2. The summed E-state index contributed by atoms with van der Waals surface area (Å²) < 4.78 is 42.0. The minimum atomic E-state index is -3.80. The molecule has 0 bridgehead atoms. The number of carbonyl (C=O) groups excluding carboxylic acids is 1. The van der Waals surface area contributed by atoms with Crippen LogP contribution in [-0.4, -0.2) is 47.2 Å². The number of hydrogen-bond donors (Lipinski definition) is 4. The van der Waals surface area contributed by atoms with Gasteiger partial charge in [-0.2, -0.15) is 0 Å². The van der Waals surface area contributed by atoms with E-state index in [0.29, 0.717) is 36.5 Å². The minimum absolute atomic E-state index is 0.0271. The van der Waals surface area contributed by atoms with Gasteiger partial charge in [0.2, 0.25) is 5.91 Å². The molecule has 0 aliphatic carbocycles. The molecule has 2 heterocycles. The summed E-state index contributed by atoms with van der Waals surface area (Å²) >= 11 is 0. The van der Waals surface area contributed by atoms with E-state index in [4.69, 9.17) is 5.73 Å². The fourth-order valence-corrected chi connectivity index (χ4v) is 6.77. The first-order chi connectivity index (χ1) is 20.5. The monoisotopic (exact) mass is 605 g/mol. The number of pyridine rings is 1. The Hall–Kier alpha value is -4.71. The molecule has 1 aliphatic heterocycles. The summed E-state index contributed by atoms with van der Waals surface area (Å²) in [6, 6.07) is 15.5. The number of halogens is 1. The van der Waals surface area contributed by atoms with Crippen LogP contribution in [0.4, 0.5) is 26.4 Å². The van der Waals surface area contributed by atoms with Crippen LogP contribution in [0, 0.1) is 5.82 Å². The predicted molar refractivity (Wildman–Crippen MR) is 163 cm³/mol. The number of carbonyl (C=O) groups is 2. The Morgan fingerprint density at radius 3 is 2.53 bits per heavy atom. The topological polar surface area (TPSA) is 155 Å². The maximum Gasteiger partial charge on any atom is 0.409 e. The summed E-state index contributed by atoms with van der Waals surface area (Å²) in [7, 11) is -3.80.